The fourth-order valence-corrected chi connectivity index (χ4v) is 4.51. The maximum absolute atomic E-state index is 13.0. The predicted octanol–water partition coefficient (Wildman–Crippen LogP) is 4.92. The van der Waals surface area contributed by atoms with Crippen LogP contribution in [0.5, 0.6) is 0 Å². The van der Waals surface area contributed by atoms with Crippen LogP contribution in [0.2, 0.25) is 5.02 Å². The van der Waals surface area contributed by atoms with Gasteiger partial charge in [0.15, 0.2) is 0 Å². The highest BCUT2D eigenvalue weighted by Crippen LogP contribution is 2.25. The van der Waals surface area contributed by atoms with E-state index < -0.39 is 21.8 Å². The van der Waals surface area contributed by atoms with Crippen molar-refractivity contribution in [2.24, 2.45) is 0 Å². The molecule has 10 heteroatoms. The Morgan fingerprint density at radius 1 is 0.829 bits per heavy atom. The number of amides is 2. The summed E-state index contributed by atoms with van der Waals surface area (Å²) in [5.41, 5.74) is 0.698. The van der Waals surface area contributed by atoms with Gasteiger partial charge < -0.3 is 15.1 Å². The summed E-state index contributed by atoms with van der Waals surface area (Å²) in [4.78, 5) is 25.8. The molecule has 4 aromatic rings. The van der Waals surface area contributed by atoms with Crippen LogP contribution in [-0.2, 0) is 16.6 Å². The molecular weight excluding hydrogens is 490 g/mol. The van der Waals surface area contributed by atoms with Crippen molar-refractivity contribution in [3.05, 3.63) is 113 Å². The Kier molecular flexibility index (Phi) is 7.19. The molecule has 0 aliphatic heterocycles. The minimum atomic E-state index is -3.86. The van der Waals surface area contributed by atoms with Crippen LogP contribution >= 0.6 is 11.6 Å². The van der Waals surface area contributed by atoms with Crippen LogP contribution < -0.4 is 15.4 Å². The summed E-state index contributed by atoms with van der Waals surface area (Å²) < 4.78 is 32.9. The number of nitrogens with one attached hydrogen (secondary N) is 3. The van der Waals surface area contributed by atoms with Crippen LogP contribution in [0.15, 0.2) is 101 Å². The number of carbonyl (C=O) groups excluding carboxylic acids is 2. The molecule has 0 unspecified atom stereocenters. The molecule has 3 aromatic carbocycles. The molecule has 0 fully saturated rings. The lowest BCUT2D eigenvalue weighted by atomic mass is 10.1. The Hall–Kier alpha value is -4.08. The largest absolute Gasteiger partial charge is 0.467 e. The molecule has 0 aliphatic carbocycles. The van der Waals surface area contributed by atoms with E-state index in [4.69, 9.17) is 16.0 Å². The van der Waals surface area contributed by atoms with E-state index in [-0.39, 0.29) is 39.0 Å². The number of furan rings is 1. The van der Waals surface area contributed by atoms with E-state index in [1.807, 2.05) is 0 Å². The number of hydrogen-bond donors (Lipinski definition) is 3. The van der Waals surface area contributed by atoms with E-state index in [1.165, 1.54) is 36.6 Å². The first-order valence-corrected chi connectivity index (χ1v) is 12.3. The topological polar surface area (TPSA) is 118 Å². The fraction of sp³-hybridized carbons (Fsp3) is 0.0400. The second kappa shape index (κ2) is 10.5. The molecule has 8 nitrogen and oxygen atoms in total. The molecule has 0 spiro atoms. The molecule has 0 saturated heterocycles. The van der Waals surface area contributed by atoms with Gasteiger partial charge in [0.2, 0.25) is 0 Å². The van der Waals surface area contributed by atoms with E-state index in [9.17, 15) is 18.0 Å². The second-order valence-electron chi connectivity index (χ2n) is 7.37. The zero-order valence-electron chi connectivity index (χ0n) is 18.2. The Labute approximate surface area is 207 Å². The molecule has 4 rings (SSSR count). The maximum Gasteiger partial charge on any atom is 0.261 e. The summed E-state index contributed by atoms with van der Waals surface area (Å²) in [6, 6.07) is 22.0. The van der Waals surface area contributed by atoms with Gasteiger partial charge in [0, 0.05) is 5.69 Å². The minimum absolute atomic E-state index is 0.0331. The van der Waals surface area contributed by atoms with Gasteiger partial charge in [-0.05, 0) is 54.6 Å². The first-order chi connectivity index (χ1) is 16.8. The Morgan fingerprint density at radius 3 is 2.31 bits per heavy atom. The standard InChI is InChI=1S/C25H20ClN3O5S/c26-22-13-12-17(29-35(32,33)19-8-2-1-3-9-19)15-21(22)25(31)28-23-11-5-4-10-20(23)24(30)27-16-18-7-6-14-34-18/h1-15,29H,16H2,(H,27,30)(H,28,31). The van der Waals surface area contributed by atoms with Gasteiger partial charge in [0.05, 0.1) is 39.5 Å². The van der Waals surface area contributed by atoms with Crippen LogP contribution in [0.3, 0.4) is 0 Å². The van der Waals surface area contributed by atoms with Crippen molar-refractivity contribution in [2.75, 3.05) is 10.0 Å². The van der Waals surface area contributed by atoms with Crippen molar-refractivity contribution >= 4 is 44.8 Å². The van der Waals surface area contributed by atoms with Gasteiger partial charge >= 0.3 is 0 Å². The van der Waals surface area contributed by atoms with Crippen molar-refractivity contribution in [2.45, 2.75) is 11.4 Å². The predicted molar refractivity (Wildman–Crippen MR) is 133 cm³/mol. The van der Waals surface area contributed by atoms with Crippen molar-refractivity contribution in [1.82, 2.24) is 5.32 Å². The number of rotatable bonds is 8. The summed E-state index contributed by atoms with van der Waals surface area (Å²) >= 11 is 6.23. The number of halogens is 1. The van der Waals surface area contributed by atoms with Gasteiger partial charge in [0.1, 0.15) is 5.76 Å². The van der Waals surface area contributed by atoms with Crippen LogP contribution in [-0.4, -0.2) is 20.2 Å². The third-order valence-electron chi connectivity index (χ3n) is 4.94. The first-order valence-electron chi connectivity index (χ1n) is 10.4. The van der Waals surface area contributed by atoms with Gasteiger partial charge in [-0.1, -0.05) is 41.9 Å². The van der Waals surface area contributed by atoms with Crippen molar-refractivity contribution in [1.29, 1.82) is 0 Å². The molecule has 0 atom stereocenters. The number of benzene rings is 3. The maximum atomic E-state index is 13.0. The molecule has 178 valence electrons. The van der Waals surface area contributed by atoms with Crippen molar-refractivity contribution < 1.29 is 22.4 Å². The van der Waals surface area contributed by atoms with E-state index in [1.54, 1.807) is 54.6 Å². The third-order valence-corrected chi connectivity index (χ3v) is 6.67. The van der Waals surface area contributed by atoms with E-state index in [2.05, 4.69) is 15.4 Å². The molecule has 1 aromatic heterocycles. The Balaban J connectivity index is 1.52. The van der Waals surface area contributed by atoms with Gasteiger partial charge in [-0.15, -0.1) is 0 Å². The molecule has 0 saturated carbocycles. The quantitative estimate of drug-likeness (QED) is 0.312. The Morgan fingerprint density at radius 2 is 1.57 bits per heavy atom. The fourth-order valence-electron chi connectivity index (χ4n) is 3.23. The lowest BCUT2D eigenvalue weighted by Gasteiger charge is -2.13. The van der Waals surface area contributed by atoms with E-state index in [0.29, 0.717) is 5.76 Å². The molecule has 0 bridgehead atoms. The van der Waals surface area contributed by atoms with E-state index >= 15 is 0 Å². The smallest absolute Gasteiger partial charge is 0.261 e. The summed E-state index contributed by atoms with van der Waals surface area (Å²) in [5.74, 6) is -0.434. The number of hydrogen-bond acceptors (Lipinski definition) is 5. The zero-order valence-corrected chi connectivity index (χ0v) is 19.8. The van der Waals surface area contributed by atoms with Crippen molar-refractivity contribution in [3.8, 4) is 0 Å². The monoisotopic (exact) mass is 509 g/mol. The average molecular weight is 510 g/mol. The summed E-state index contributed by atoms with van der Waals surface area (Å²) in [5, 5.41) is 5.52. The minimum Gasteiger partial charge on any atom is -0.467 e. The van der Waals surface area contributed by atoms with Crippen molar-refractivity contribution in [3.63, 3.8) is 0 Å². The van der Waals surface area contributed by atoms with Gasteiger partial charge in [0.25, 0.3) is 21.8 Å². The molecule has 0 aliphatic rings. The summed E-state index contributed by atoms with van der Waals surface area (Å²) in [6.45, 7) is 0.184. The Bertz CT molecular complexity index is 1460. The molecular formula is C25H20ClN3O5S. The SMILES string of the molecule is O=C(Nc1ccccc1C(=O)NCc1ccco1)c1cc(NS(=O)(=O)c2ccccc2)ccc1Cl. The normalized spacial score (nSPS) is 11.0. The van der Waals surface area contributed by atoms with E-state index in [0.717, 1.165) is 0 Å². The molecule has 1 heterocycles. The number of sulfonamides is 1. The van der Waals surface area contributed by atoms with Gasteiger partial charge in [-0.3, -0.25) is 14.3 Å². The third kappa shape index (κ3) is 5.89. The highest BCUT2D eigenvalue weighted by molar-refractivity contribution is 7.92. The van der Waals surface area contributed by atoms with Crippen LogP contribution in [0.1, 0.15) is 26.5 Å². The zero-order chi connectivity index (χ0) is 24.8. The van der Waals surface area contributed by atoms with Crippen LogP contribution in [0.4, 0.5) is 11.4 Å². The lowest BCUT2D eigenvalue weighted by molar-refractivity contribution is 0.0949. The highest BCUT2D eigenvalue weighted by atomic mass is 35.5. The number of carbonyl (C=O) groups is 2. The molecule has 3 N–H and O–H groups in total. The van der Waals surface area contributed by atoms with Crippen LogP contribution in [0, 0.1) is 0 Å². The number of para-hydroxylation sites is 1. The second-order valence-corrected chi connectivity index (χ2v) is 9.46. The van der Waals surface area contributed by atoms with Gasteiger partial charge in [-0.2, -0.15) is 0 Å². The summed E-state index contributed by atoms with van der Waals surface area (Å²) in [7, 11) is -3.86. The average Bonchev–Trinajstić information content (AvgIpc) is 3.38. The van der Waals surface area contributed by atoms with Crippen LogP contribution in [0.25, 0.3) is 0 Å². The summed E-state index contributed by atoms with van der Waals surface area (Å²) in [6.07, 6.45) is 1.51. The van der Waals surface area contributed by atoms with Gasteiger partial charge in [-0.25, -0.2) is 8.42 Å². The highest BCUT2D eigenvalue weighted by Gasteiger charge is 2.19. The first kappa shape index (κ1) is 24.1. The molecule has 35 heavy (non-hydrogen) atoms. The molecule has 0 radical (unpaired) electrons. The molecule has 2 amide bonds. The lowest BCUT2D eigenvalue weighted by Crippen LogP contribution is -2.24. The number of anilines is 2.